The molecule has 0 fully saturated rings. The zero-order valence-corrected chi connectivity index (χ0v) is 24.0. The van der Waals surface area contributed by atoms with E-state index in [1.807, 2.05) is 48.5 Å². The van der Waals surface area contributed by atoms with Crippen LogP contribution in [-0.2, 0) is 36.8 Å². The van der Waals surface area contributed by atoms with Crippen LogP contribution in [0.25, 0.3) is 0 Å². The molecule has 0 bridgehead atoms. The van der Waals surface area contributed by atoms with Crippen LogP contribution in [0.3, 0.4) is 0 Å². The van der Waals surface area contributed by atoms with Crippen molar-refractivity contribution < 1.29 is 42.8 Å². The van der Waals surface area contributed by atoms with E-state index in [-0.39, 0.29) is 19.8 Å². The van der Waals surface area contributed by atoms with Crippen LogP contribution in [0.15, 0.2) is 98.1 Å². The zero-order chi connectivity index (χ0) is 30.7. The highest BCUT2D eigenvalue weighted by Crippen LogP contribution is 2.18. The number of benzene rings is 3. The largest absolute Gasteiger partial charge is 0.493 e. The van der Waals surface area contributed by atoms with Crippen molar-refractivity contribution >= 4 is 17.9 Å². The summed E-state index contributed by atoms with van der Waals surface area (Å²) < 4.78 is 32.3. The van der Waals surface area contributed by atoms with Gasteiger partial charge in [0.1, 0.15) is 23.9 Å². The van der Waals surface area contributed by atoms with Gasteiger partial charge in [0.25, 0.3) is 0 Å². The summed E-state index contributed by atoms with van der Waals surface area (Å²) in [5.41, 5.74) is 2.44. The predicted molar refractivity (Wildman–Crippen MR) is 160 cm³/mol. The third-order valence-corrected chi connectivity index (χ3v) is 5.90. The van der Waals surface area contributed by atoms with Crippen molar-refractivity contribution in [2.75, 3.05) is 33.0 Å². The number of hydrogen-bond acceptors (Lipinski definition) is 9. The molecule has 0 N–H and O–H groups in total. The molecule has 0 unspecified atom stereocenters. The molecule has 0 spiro atoms. The predicted octanol–water partition coefficient (Wildman–Crippen LogP) is 5.66. The summed E-state index contributed by atoms with van der Waals surface area (Å²) in [5, 5.41) is 0. The molecule has 0 heterocycles. The summed E-state index contributed by atoms with van der Waals surface area (Å²) >= 11 is 0. The molecule has 3 rings (SSSR count). The molecule has 43 heavy (non-hydrogen) atoms. The van der Waals surface area contributed by atoms with Crippen LogP contribution in [0.1, 0.15) is 34.3 Å². The van der Waals surface area contributed by atoms with Gasteiger partial charge in [0, 0.05) is 31.4 Å². The van der Waals surface area contributed by atoms with Crippen molar-refractivity contribution in [3.05, 3.63) is 115 Å². The number of ether oxygens (including phenoxy) is 6. The van der Waals surface area contributed by atoms with Gasteiger partial charge in [-0.2, -0.15) is 0 Å². The Morgan fingerprint density at radius 1 is 0.535 bits per heavy atom. The fourth-order valence-electron chi connectivity index (χ4n) is 3.59. The highest BCUT2D eigenvalue weighted by molar-refractivity contribution is 5.89. The molecule has 0 amide bonds. The maximum atomic E-state index is 12.4. The van der Waals surface area contributed by atoms with E-state index in [0.717, 1.165) is 34.8 Å². The second kappa shape index (κ2) is 18.4. The summed E-state index contributed by atoms with van der Waals surface area (Å²) in [6.45, 7) is 8.69. The third-order valence-electron chi connectivity index (χ3n) is 5.90. The smallest absolute Gasteiger partial charge is 0.338 e. The zero-order valence-electron chi connectivity index (χ0n) is 24.0. The number of carbonyl (C=O) groups excluding carboxylic acids is 3. The second-order valence-electron chi connectivity index (χ2n) is 9.13. The minimum Gasteiger partial charge on any atom is -0.493 e. The Kier molecular flexibility index (Phi) is 13.9. The fraction of sp³-hybridized carbons (Fsp3) is 0.265. The summed E-state index contributed by atoms with van der Waals surface area (Å²) in [4.78, 5) is 34.4. The molecule has 0 aliphatic carbocycles. The Hall–Kier alpha value is -5.05. The molecule has 9 nitrogen and oxygen atoms in total. The van der Waals surface area contributed by atoms with E-state index in [4.69, 9.17) is 28.4 Å². The van der Waals surface area contributed by atoms with Crippen LogP contribution in [0.4, 0.5) is 0 Å². The van der Waals surface area contributed by atoms with Crippen LogP contribution in [-0.4, -0.2) is 50.9 Å². The Bertz CT molecular complexity index is 1310. The molecule has 3 aromatic rings. The Labute approximate surface area is 251 Å². The van der Waals surface area contributed by atoms with E-state index in [0.29, 0.717) is 50.4 Å². The molecule has 3 aromatic carbocycles. The quantitative estimate of drug-likeness (QED) is 0.0759. The Balaban J connectivity index is 1.30. The van der Waals surface area contributed by atoms with E-state index in [9.17, 15) is 14.4 Å². The number of carbonyl (C=O) groups is 3. The molecule has 0 aliphatic heterocycles. The molecular weight excluding hydrogens is 552 g/mol. The first-order valence-electron chi connectivity index (χ1n) is 13.9. The average Bonchev–Trinajstić information content (AvgIpc) is 3.04. The minimum atomic E-state index is -0.462. The van der Waals surface area contributed by atoms with E-state index in [2.05, 4.69) is 13.2 Å². The molecular formula is C34H36O9. The van der Waals surface area contributed by atoms with Crippen LogP contribution in [0, 0.1) is 0 Å². The van der Waals surface area contributed by atoms with E-state index < -0.39 is 17.9 Å². The second-order valence-corrected chi connectivity index (χ2v) is 9.13. The lowest BCUT2D eigenvalue weighted by molar-refractivity contribution is -0.138. The Morgan fingerprint density at radius 3 is 1.51 bits per heavy atom. The molecule has 0 saturated heterocycles. The van der Waals surface area contributed by atoms with E-state index in [1.165, 1.54) is 0 Å². The SMILES string of the molecule is C=CC(=O)OCCCOc1ccc(COc2ccc(CCOC(=O)c3ccc(OCCCOC(=O)C=C)cc3)cc2)cc1. The molecule has 0 radical (unpaired) electrons. The third kappa shape index (κ3) is 12.6. The van der Waals surface area contributed by atoms with Gasteiger partial charge < -0.3 is 28.4 Å². The molecule has 0 aliphatic rings. The number of esters is 3. The topological polar surface area (TPSA) is 107 Å². The molecule has 226 valence electrons. The highest BCUT2D eigenvalue weighted by Gasteiger charge is 2.08. The molecule has 0 atom stereocenters. The van der Waals surface area contributed by atoms with Crippen molar-refractivity contribution in [1.82, 2.24) is 0 Å². The van der Waals surface area contributed by atoms with Crippen molar-refractivity contribution in [3.63, 3.8) is 0 Å². The van der Waals surface area contributed by atoms with Gasteiger partial charge in [-0.05, 0) is 59.7 Å². The first-order chi connectivity index (χ1) is 21.0. The minimum absolute atomic E-state index is 0.245. The maximum absolute atomic E-state index is 12.4. The van der Waals surface area contributed by atoms with Gasteiger partial charge in [-0.1, -0.05) is 37.4 Å². The van der Waals surface area contributed by atoms with Gasteiger partial charge in [-0.25, -0.2) is 14.4 Å². The highest BCUT2D eigenvalue weighted by atomic mass is 16.5. The van der Waals surface area contributed by atoms with E-state index in [1.54, 1.807) is 24.3 Å². The standard InChI is InChI=1S/C34H36O9/c1-3-32(35)40-22-5-20-38-29-15-9-27(10-16-29)25-43-31-13-7-26(8-14-31)19-24-42-34(37)28-11-17-30(18-12-28)39-21-6-23-41-33(36)4-2/h3-4,7-18H,1-2,5-6,19-25H2. The Morgan fingerprint density at radius 2 is 1.00 bits per heavy atom. The summed E-state index contributed by atoms with van der Waals surface area (Å²) in [7, 11) is 0. The lowest BCUT2D eigenvalue weighted by Crippen LogP contribution is -2.09. The van der Waals surface area contributed by atoms with Crippen molar-refractivity contribution in [2.45, 2.75) is 25.9 Å². The van der Waals surface area contributed by atoms with Gasteiger partial charge in [0.2, 0.25) is 0 Å². The molecule has 9 heteroatoms. The van der Waals surface area contributed by atoms with E-state index >= 15 is 0 Å². The lowest BCUT2D eigenvalue weighted by atomic mass is 10.1. The summed E-state index contributed by atoms with van der Waals surface area (Å²) in [6.07, 6.45) is 3.96. The number of rotatable bonds is 19. The van der Waals surface area contributed by atoms with Gasteiger partial charge in [0.15, 0.2) is 0 Å². The first kappa shape index (κ1) is 32.5. The van der Waals surface area contributed by atoms with Crippen LogP contribution in [0.2, 0.25) is 0 Å². The normalized spacial score (nSPS) is 10.2. The van der Waals surface area contributed by atoms with Gasteiger partial charge in [-0.15, -0.1) is 0 Å². The fourth-order valence-corrected chi connectivity index (χ4v) is 3.59. The van der Waals surface area contributed by atoms with Gasteiger partial charge in [-0.3, -0.25) is 0 Å². The van der Waals surface area contributed by atoms with Crippen LogP contribution < -0.4 is 14.2 Å². The summed E-state index contributed by atoms with van der Waals surface area (Å²) in [5.74, 6) is 0.760. The average molecular weight is 589 g/mol. The molecule has 0 saturated carbocycles. The number of hydrogen-bond donors (Lipinski definition) is 0. The maximum Gasteiger partial charge on any atom is 0.338 e. The van der Waals surface area contributed by atoms with Gasteiger partial charge in [0.05, 0.1) is 38.6 Å². The molecule has 0 aromatic heterocycles. The van der Waals surface area contributed by atoms with Crippen molar-refractivity contribution in [1.29, 1.82) is 0 Å². The monoisotopic (exact) mass is 588 g/mol. The van der Waals surface area contributed by atoms with Crippen LogP contribution >= 0.6 is 0 Å². The van der Waals surface area contributed by atoms with Crippen molar-refractivity contribution in [2.24, 2.45) is 0 Å². The summed E-state index contributed by atoms with van der Waals surface area (Å²) in [6, 6.07) is 21.9. The van der Waals surface area contributed by atoms with Gasteiger partial charge >= 0.3 is 17.9 Å². The van der Waals surface area contributed by atoms with Crippen molar-refractivity contribution in [3.8, 4) is 17.2 Å². The lowest BCUT2D eigenvalue weighted by Gasteiger charge is -2.10. The first-order valence-corrected chi connectivity index (χ1v) is 13.9. The van der Waals surface area contributed by atoms with Crippen LogP contribution in [0.5, 0.6) is 17.2 Å².